The van der Waals surface area contributed by atoms with E-state index >= 15 is 0 Å². The molecule has 0 spiro atoms. The molecule has 0 saturated heterocycles. The Labute approximate surface area is 192 Å². The first kappa shape index (κ1) is 28.2. The molecule has 0 radical (unpaired) electrons. The van der Waals surface area contributed by atoms with E-state index < -0.39 is 12.0 Å². The topological polar surface area (TPSA) is 0 Å². The molecule has 0 fully saturated rings. The lowest BCUT2D eigenvalue weighted by atomic mass is 10.0. The van der Waals surface area contributed by atoms with Crippen molar-refractivity contribution >= 4 is 78.5 Å². The second-order valence-electron chi connectivity index (χ2n) is 7.44. The maximum atomic E-state index is 6.18. The zero-order chi connectivity index (χ0) is 19.9. The molecule has 0 amide bonds. The molecular weight excluding hydrogens is 485 g/mol. The molecule has 0 unspecified atom stereocenters. The Bertz CT molecular complexity index is 318. The molecule has 1 atom stereocenters. The first-order chi connectivity index (χ1) is 12.2. The van der Waals surface area contributed by atoms with Crippen molar-refractivity contribution in [3.05, 3.63) is 0 Å². The molecule has 0 aliphatic carbocycles. The number of halogens is 6. The third-order valence-electron chi connectivity index (χ3n) is 4.85. The second-order valence-corrected chi connectivity index (χ2v) is 25.6. The summed E-state index contributed by atoms with van der Waals surface area (Å²) in [5.74, 6) is 0. The largest absolute Gasteiger partial charge is 0.344 e. The van der Waals surface area contributed by atoms with Crippen LogP contribution in [0.5, 0.6) is 0 Å². The monoisotopic (exact) mass is 518 g/mol. The van der Waals surface area contributed by atoms with Gasteiger partial charge in [0, 0.05) is 0 Å². The lowest BCUT2D eigenvalue weighted by molar-refractivity contribution is 0.531. The molecule has 0 aromatic heterocycles. The van der Waals surface area contributed by atoms with Crippen LogP contribution in [0.2, 0.25) is 11.6 Å². The highest BCUT2D eigenvalue weighted by Crippen LogP contribution is 2.45. The fraction of sp³-hybridized carbons (Fsp3) is 1.00. The van der Waals surface area contributed by atoms with Crippen molar-refractivity contribution in [3.63, 3.8) is 0 Å². The lowest BCUT2D eigenvalue weighted by Gasteiger charge is -2.24. The molecule has 0 aromatic rings. The van der Waals surface area contributed by atoms with Crippen LogP contribution < -0.4 is 0 Å². The van der Waals surface area contributed by atoms with E-state index in [9.17, 15) is 0 Å². The molecule has 0 nitrogen and oxygen atoms in total. The van der Waals surface area contributed by atoms with Gasteiger partial charge in [-0.15, -0.1) is 66.5 Å². The third-order valence-corrected chi connectivity index (χ3v) is 11.8. The van der Waals surface area contributed by atoms with Crippen LogP contribution in [-0.4, -0.2) is 12.0 Å². The van der Waals surface area contributed by atoms with Gasteiger partial charge in [-0.05, 0) is 18.0 Å². The van der Waals surface area contributed by atoms with Crippen molar-refractivity contribution in [2.24, 2.45) is 0 Å². The molecule has 26 heavy (non-hydrogen) atoms. The molecule has 0 aliphatic rings. The minimum Gasteiger partial charge on any atom is -0.126 e. The smallest absolute Gasteiger partial charge is 0.126 e. The molecule has 8 heteroatoms. The third kappa shape index (κ3) is 19.5. The van der Waals surface area contributed by atoms with E-state index in [1.807, 2.05) is 0 Å². The van der Waals surface area contributed by atoms with Crippen molar-refractivity contribution in [3.8, 4) is 0 Å². The Morgan fingerprint density at radius 3 is 1.19 bits per heavy atom. The summed E-state index contributed by atoms with van der Waals surface area (Å²) < 4.78 is 0. The highest BCUT2D eigenvalue weighted by atomic mass is 35.8. The van der Waals surface area contributed by atoms with Crippen molar-refractivity contribution in [1.82, 2.24) is 0 Å². The van der Waals surface area contributed by atoms with Gasteiger partial charge in [0.05, 0.1) is 0 Å². The van der Waals surface area contributed by atoms with Crippen molar-refractivity contribution in [2.75, 3.05) is 0 Å². The summed E-state index contributed by atoms with van der Waals surface area (Å²) in [5.41, 5.74) is -0.0241. The Kier molecular flexibility index (Phi) is 18.3. The Morgan fingerprint density at radius 2 is 0.885 bits per heavy atom. The SMILES string of the molecule is CCCCCCCCCCCCCCCC[C@@H](C[Si](Cl)(Cl)Cl)[Si](Cl)(Cl)Cl. The molecule has 0 aliphatic heterocycles. The Balaban J connectivity index is 3.51. The Hall–Kier alpha value is 2.17. The molecule has 0 bridgehead atoms. The zero-order valence-electron chi connectivity index (χ0n) is 16.2. The van der Waals surface area contributed by atoms with Gasteiger partial charge in [-0.25, -0.2) is 0 Å². The Morgan fingerprint density at radius 1 is 0.538 bits per heavy atom. The maximum absolute atomic E-state index is 6.18. The van der Waals surface area contributed by atoms with Gasteiger partial charge in [-0.2, -0.15) is 0 Å². The average molecular weight is 521 g/mol. The predicted molar refractivity (Wildman–Crippen MR) is 130 cm³/mol. The zero-order valence-corrected chi connectivity index (χ0v) is 22.7. The molecule has 0 aromatic carbocycles. The maximum Gasteiger partial charge on any atom is 0.344 e. The van der Waals surface area contributed by atoms with E-state index in [-0.39, 0.29) is 5.54 Å². The van der Waals surface area contributed by atoms with Gasteiger partial charge in [0.25, 0.3) is 0 Å². The molecule has 0 N–H and O–H groups in total. The van der Waals surface area contributed by atoms with Crippen LogP contribution in [-0.2, 0) is 0 Å². The number of hydrogen-bond donors (Lipinski definition) is 0. The van der Waals surface area contributed by atoms with Crippen LogP contribution in [0.4, 0.5) is 0 Å². The minimum absolute atomic E-state index is 0.0241. The highest BCUT2D eigenvalue weighted by molar-refractivity contribution is 7.67. The van der Waals surface area contributed by atoms with Crippen molar-refractivity contribution < 1.29 is 0 Å². The first-order valence-corrected chi connectivity index (χ1v) is 20.7. The number of hydrogen-bond acceptors (Lipinski definition) is 0. The van der Waals surface area contributed by atoms with Gasteiger partial charge in [0.15, 0.2) is 0 Å². The van der Waals surface area contributed by atoms with Gasteiger partial charge >= 0.3 is 12.0 Å². The quantitative estimate of drug-likeness (QED) is 0.0956. The predicted octanol–water partition coefficient (Wildman–Crippen LogP) is 10.5. The summed E-state index contributed by atoms with van der Waals surface area (Å²) in [4.78, 5) is 0. The van der Waals surface area contributed by atoms with Gasteiger partial charge in [-0.1, -0.05) is 96.8 Å². The van der Waals surface area contributed by atoms with E-state index in [0.717, 1.165) is 12.8 Å². The first-order valence-electron chi connectivity index (χ1n) is 10.3. The summed E-state index contributed by atoms with van der Waals surface area (Å²) in [7, 11) is 0. The summed E-state index contributed by atoms with van der Waals surface area (Å²) in [6, 6.07) is -5.07. The van der Waals surface area contributed by atoms with E-state index in [0.29, 0.717) is 6.04 Å². The van der Waals surface area contributed by atoms with Gasteiger partial charge in [-0.3, -0.25) is 0 Å². The molecular formula is C18H36Cl6Si2. The summed E-state index contributed by atoms with van der Waals surface area (Å²) in [5, 5.41) is 0. The van der Waals surface area contributed by atoms with E-state index in [1.54, 1.807) is 0 Å². The van der Waals surface area contributed by atoms with Crippen molar-refractivity contribution in [1.29, 1.82) is 0 Å². The van der Waals surface area contributed by atoms with E-state index in [2.05, 4.69) is 6.92 Å². The average Bonchev–Trinajstić information content (AvgIpc) is 2.52. The van der Waals surface area contributed by atoms with Gasteiger partial charge in [0.1, 0.15) is 0 Å². The molecule has 0 saturated carbocycles. The van der Waals surface area contributed by atoms with E-state index in [1.165, 1.54) is 83.5 Å². The highest BCUT2D eigenvalue weighted by Gasteiger charge is 2.42. The lowest BCUT2D eigenvalue weighted by Crippen LogP contribution is -2.25. The number of rotatable bonds is 18. The van der Waals surface area contributed by atoms with Gasteiger partial charge < -0.3 is 0 Å². The van der Waals surface area contributed by atoms with Crippen LogP contribution >= 0.6 is 66.5 Å². The minimum atomic E-state index is -2.80. The summed E-state index contributed by atoms with van der Waals surface area (Å²) in [6.45, 7) is 2.27. The van der Waals surface area contributed by atoms with Crippen LogP contribution in [0.15, 0.2) is 0 Å². The van der Waals surface area contributed by atoms with Crippen LogP contribution in [0.25, 0.3) is 0 Å². The number of unbranched alkanes of at least 4 members (excludes halogenated alkanes) is 13. The van der Waals surface area contributed by atoms with E-state index in [4.69, 9.17) is 66.5 Å². The summed E-state index contributed by atoms with van der Waals surface area (Å²) in [6.07, 6.45) is 19.6. The molecule has 0 rings (SSSR count). The van der Waals surface area contributed by atoms with Crippen molar-refractivity contribution in [2.45, 2.75) is 115 Å². The van der Waals surface area contributed by atoms with Crippen LogP contribution in [0, 0.1) is 0 Å². The normalized spacial score (nSPS) is 14.0. The fourth-order valence-electron chi connectivity index (χ4n) is 3.25. The molecule has 0 heterocycles. The standard InChI is InChI=1S/C18H36Cl6Si2/c1-2-3-4-5-6-7-8-9-10-11-12-13-14-15-16-18(26(22,23)24)17-25(19,20)21/h18H,2-17H2,1H3/t18-/m0/s1. The summed E-state index contributed by atoms with van der Waals surface area (Å²) >= 11 is 36.6. The van der Waals surface area contributed by atoms with Crippen LogP contribution in [0.3, 0.4) is 0 Å². The fourth-order valence-corrected chi connectivity index (χ4v) is 12.3. The second kappa shape index (κ2) is 16.9. The molecule has 158 valence electrons. The van der Waals surface area contributed by atoms with Crippen LogP contribution in [0.1, 0.15) is 103 Å². The van der Waals surface area contributed by atoms with Gasteiger partial charge in [0.2, 0.25) is 0 Å².